The van der Waals surface area contributed by atoms with Crippen molar-refractivity contribution in [1.29, 1.82) is 0 Å². The van der Waals surface area contributed by atoms with Crippen molar-refractivity contribution >= 4 is 75.2 Å². The van der Waals surface area contributed by atoms with Crippen LogP contribution in [0.3, 0.4) is 0 Å². The molecule has 0 N–H and O–H groups in total. The Hall–Kier alpha value is -2.42. The normalized spacial score (nSPS) is 11.7. The van der Waals surface area contributed by atoms with Gasteiger partial charge in [-0.25, -0.2) is 0 Å². The molecule has 0 amide bonds. The van der Waals surface area contributed by atoms with Gasteiger partial charge in [-0.3, -0.25) is 0 Å². The SMILES string of the molecule is C=Cc1cc2sc3c4cc5ccccc5cc4sc3c2cc1C=C. The lowest BCUT2D eigenvalue weighted by Gasteiger charge is -2.01. The maximum absolute atomic E-state index is 3.95. The second-order valence-electron chi connectivity index (χ2n) is 5.94. The average Bonchev–Trinajstić information content (AvgIpc) is 3.13. The van der Waals surface area contributed by atoms with Crippen molar-refractivity contribution in [3.63, 3.8) is 0 Å². The van der Waals surface area contributed by atoms with E-state index in [-0.39, 0.29) is 0 Å². The quantitative estimate of drug-likeness (QED) is 0.308. The van der Waals surface area contributed by atoms with Crippen LogP contribution in [-0.4, -0.2) is 0 Å². The molecule has 0 aliphatic rings. The standard InChI is InChI=1S/C22H14S2/c1-3-13-9-17-19(11-14(13)4-2)23-22-18-10-15-7-5-6-8-16(15)12-20(18)24-21(17)22/h3-12H,1-2H2. The summed E-state index contributed by atoms with van der Waals surface area (Å²) in [6.45, 7) is 7.88. The van der Waals surface area contributed by atoms with Gasteiger partial charge in [0.25, 0.3) is 0 Å². The molecule has 0 radical (unpaired) electrons. The summed E-state index contributed by atoms with van der Waals surface area (Å²) in [7, 11) is 0. The van der Waals surface area contributed by atoms with Crippen LogP contribution in [-0.2, 0) is 0 Å². The van der Waals surface area contributed by atoms with Crippen LogP contribution in [0.2, 0.25) is 0 Å². The predicted octanol–water partition coefficient (Wildman–Crippen LogP) is 7.71. The third-order valence-corrected chi connectivity index (χ3v) is 7.09. The average molecular weight is 342 g/mol. The zero-order valence-electron chi connectivity index (χ0n) is 13.0. The van der Waals surface area contributed by atoms with Crippen LogP contribution in [0.5, 0.6) is 0 Å². The number of fused-ring (bicyclic) bond motifs is 6. The molecule has 0 aliphatic carbocycles. The molecule has 0 nitrogen and oxygen atoms in total. The highest BCUT2D eigenvalue weighted by Gasteiger charge is 2.14. The molecule has 0 bridgehead atoms. The highest BCUT2D eigenvalue weighted by molar-refractivity contribution is 7.36. The molecule has 2 heterocycles. The Morgan fingerprint density at radius 1 is 0.667 bits per heavy atom. The molecule has 2 aromatic heterocycles. The van der Waals surface area contributed by atoms with E-state index in [1.807, 2.05) is 34.8 Å². The molecule has 24 heavy (non-hydrogen) atoms. The highest BCUT2D eigenvalue weighted by Crippen LogP contribution is 2.46. The van der Waals surface area contributed by atoms with Gasteiger partial charge in [-0.15, -0.1) is 22.7 Å². The summed E-state index contributed by atoms with van der Waals surface area (Å²) in [5.41, 5.74) is 2.31. The van der Waals surface area contributed by atoms with Crippen molar-refractivity contribution in [2.24, 2.45) is 0 Å². The van der Waals surface area contributed by atoms with E-state index in [1.54, 1.807) is 0 Å². The smallest absolute Gasteiger partial charge is 0.0542 e. The van der Waals surface area contributed by atoms with Crippen molar-refractivity contribution in [1.82, 2.24) is 0 Å². The highest BCUT2D eigenvalue weighted by atomic mass is 32.1. The lowest BCUT2D eigenvalue weighted by molar-refractivity contribution is 1.72. The van der Waals surface area contributed by atoms with E-state index < -0.39 is 0 Å². The van der Waals surface area contributed by atoms with Gasteiger partial charge in [0, 0.05) is 20.2 Å². The molecular weight excluding hydrogens is 328 g/mol. The van der Waals surface area contributed by atoms with E-state index in [9.17, 15) is 0 Å². The molecule has 0 saturated carbocycles. The number of hydrogen-bond donors (Lipinski definition) is 0. The maximum atomic E-state index is 3.95. The van der Waals surface area contributed by atoms with E-state index in [4.69, 9.17) is 0 Å². The second kappa shape index (κ2) is 5.04. The summed E-state index contributed by atoms with van der Waals surface area (Å²) in [4.78, 5) is 0. The third kappa shape index (κ3) is 1.84. The van der Waals surface area contributed by atoms with Crippen LogP contribution in [0.1, 0.15) is 11.1 Å². The Kier molecular flexibility index (Phi) is 2.93. The number of benzene rings is 3. The molecular formula is C22H14S2. The van der Waals surface area contributed by atoms with Crippen molar-refractivity contribution < 1.29 is 0 Å². The summed E-state index contributed by atoms with van der Waals surface area (Å²) in [5.74, 6) is 0. The number of rotatable bonds is 2. The predicted molar refractivity (Wildman–Crippen MR) is 112 cm³/mol. The Bertz CT molecular complexity index is 1280. The Labute approximate surface area is 148 Å². The van der Waals surface area contributed by atoms with Crippen molar-refractivity contribution in [3.05, 3.63) is 72.8 Å². The minimum absolute atomic E-state index is 1.15. The lowest BCUT2D eigenvalue weighted by atomic mass is 10.1. The maximum Gasteiger partial charge on any atom is 0.0542 e. The molecule has 114 valence electrons. The molecule has 3 aromatic carbocycles. The molecule has 0 spiro atoms. The molecule has 0 unspecified atom stereocenters. The monoisotopic (exact) mass is 342 g/mol. The van der Waals surface area contributed by atoms with Gasteiger partial charge in [-0.1, -0.05) is 49.6 Å². The zero-order chi connectivity index (χ0) is 16.3. The summed E-state index contributed by atoms with van der Waals surface area (Å²) in [6, 6.07) is 17.7. The van der Waals surface area contributed by atoms with E-state index in [2.05, 4.69) is 61.7 Å². The van der Waals surface area contributed by atoms with E-state index in [0.717, 1.165) is 11.1 Å². The number of thiophene rings is 2. The van der Waals surface area contributed by atoms with Gasteiger partial charge in [0.05, 0.1) is 9.40 Å². The Morgan fingerprint density at radius 2 is 1.21 bits per heavy atom. The van der Waals surface area contributed by atoms with E-state index in [0.29, 0.717) is 0 Å². The van der Waals surface area contributed by atoms with Crippen LogP contribution < -0.4 is 0 Å². The molecule has 2 heteroatoms. The van der Waals surface area contributed by atoms with Gasteiger partial charge in [0.15, 0.2) is 0 Å². The first kappa shape index (κ1) is 14.0. The Balaban J connectivity index is 1.95. The fourth-order valence-corrected chi connectivity index (χ4v) is 6.07. The first-order valence-corrected chi connectivity index (χ1v) is 9.48. The molecule has 0 fully saturated rings. The second-order valence-corrected chi connectivity index (χ2v) is 8.05. The first-order chi connectivity index (χ1) is 11.8. The largest absolute Gasteiger partial charge is 0.134 e. The molecule has 0 saturated heterocycles. The van der Waals surface area contributed by atoms with Gasteiger partial charge >= 0.3 is 0 Å². The van der Waals surface area contributed by atoms with E-state index >= 15 is 0 Å². The molecule has 5 rings (SSSR count). The van der Waals surface area contributed by atoms with Crippen LogP contribution in [0, 0.1) is 0 Å². The van der Waals surface area contributed by atoms with Crippen LogP contribution in [0.15, 0.2) is 61.7 Å². The van der Waals surface area contributed by atoms with Crippen LogP contribution >= 0.6 is 22.7 Å². The number of hydrogen-bond acceptors (Lipinski definition) is 2. The zero-order valence-corrected chi connectivity index (χ0v) is 14.6. The minimum Gasteiger partial charge on any atom is -0.134 e. The van der Waals surface area contributed by atoms with Crippen LogP contribution in [0.25, 0.3) is 52.5 Å². The summed E-state index contributed by atoms with van der Waals surface area (Å²) >= 11 is 3.78. The topological polar surface area (TPSA) is 0 Å². The first-order valence-electron chi connectivity index (χ1n) is 7.85. The summed E-state index contributed by atoms with van der Waals surface area (Å²) in [6.07, 6.45) is 3.83. The van der Waals surface area contributed by atoms with Gasteiger partial charge < -0.3 is 0 Å². The summed E-state index contributed by atoms with van der Waals surface area (Å²) in [5, 5.41) is 5.32. The van der Waals surface area contributed by atoms with Gasteiger partial charge in [-0.05, 0) is 46.2 Å². The van der Waals surface area contributed by atoms with Crippen LogP contribution in [0.4, 0.5) is 0 Å². The van der Waals surface area contributed by atoms with E-state index in [1.165, 1.54) is 40.3 Å². The van der Waals surface area contributed by atoms with Gasteiger partial charge in [-0.2, -0.15) is 0 Å². The lowest BCUT2D eigenvalue weighted by Crippen LogP contribution is -1.78. The summed E-state index contributed by atoms with van der Waals surface area (Å²) < 4.78 is 5.47. The molecule has 0 aliphatic heterocycles. The Morgan fingerprint density at radius 3 is 1.88 bits per heavy atom. The van der Waals surface area contributed by atoms with Gasteiger partial charge in [0.2, 0.25) is 0 Å². The minimum atomic E-state index is 1.15. The fourth-order valence-electron chi connectivity index (χ4n) is 3.38. The molecule has 0 atom stereocenters. The fraction of sp³-hybridized carbons (Fsp3) is 0. The van der Waals surface area contributed by atoms with Crippen molar-refractivity contribution in [2.75, 3.05) is 0 Å². The van der Waals surface area contributed by atoms with Crippen molar-refractivity contribution in [2.45, 2.75) is 0 Å². The molecule has 5 aromatic rings. The third-order valence-electron chi connectivity index (χ3n) is 4.59. The van der Waals surface area contributed by atoms with Crippen molar-refractivity contribution in [3.8, 4) is 0 Å². The van der Waals surface area contributed by atoms with Gasteiger partial charge in [0.1, 0.15) is 0 Å².